The first-order chi connectivity index (χ1) is 5.18. The monoisotopic (exact) mass is 152 g/mol. The van der Waals surface area contributed by atoms with Crippen LogP contribution in [0.25, 0.3) is 0 Å². The average molecular weight is 152 g/mol. The summed E-state index contributed by atoms with van der Waals surface area (Å²) in [6, 6.07) is 1.45. The summed E-state index contributed by atoms with van der Waals surface area (Å²) >= 11 is 0. The highest BCUT2D eigenvalue weighted by atomic mass is 16.3. The Bertz CT molecular complexity index is 325. The molecule has 0 aliphatic carbocycles. The molecule has 0 unspecified atom stereocenters. The van der Waals surface area contributed by atoms with Crippen LogP contribution in [0.3, 0.4) is 0 Å². The van der Waals surface area contributed by atoms with E-state index >= 15 is 0 Å². The van der Waals surface area contributed by atoms with Crippen LogP contribution >= 0.6 is 0 Å². The van der Waals surface area contributed by atoms with E-state index in [0.717, 1.165) is 0 Å². The number of nitrogens with zero attached hydrogens (tertiary/aromatic N) is 2. The topological polar surface area (TPSA) is 81.2 Å². The van der Waals surface area contributed by atoms with Crippen LogP contribution in [0.1, 0.15) is 6.92 Å². The fourth-order valence-corrected chi connectivity index (χ4v) is 0.594. The van der Waals surface area contributed by atoms with Gasteiger partial charge in [-0.15, -0.1) is 0 Å². The van der Waals surface area contributed by atoms with E-state index in [-0.39, 0.29) is 11.7 Å². The van der Waals surface area contributed by atoms with Crippen LogP contribution in [0.2, 0.25) is 0 Å². The fraction of sp³-hybridized carbons (Fsp3) is 0.167. The normalized spacial score (nSPS) is 11.5. The van der Waals surface area contributed by atoms with Gasteiger partial charge in [-0.25, -0.2) is 9.78 Å². The smallest absolute Gasteiger partial charge is 0.346 e. The van der Waals surface area contributed by atoms with Crippen molar-refractivity contribution in [2.75, 3.05) is 0 Å². The molecular formula is C6H6N3O2-. The van der Waals surface area contributed by atoms with Gasteiger partial charge in [0.05, 0.1) is 0 Å². The third-order valence-corrected chi connectivity index (χ3v) is 0.937. The van der Waals surface area contributed by atoms with Crippen molar-refractivity contribution in [1.29, 1.82) is 0 Å². The van der Waals surface area contributed by atoms with Gasteiger partial charge < -0.3 is 5.11 Å². The summed E-state index contributed by atoms with van der Waals surface area (Å²) in [5, 5.41) is 10.4. The first-order valence-corrected chi connectivity index (χ1v) is 2.96. The number of aliphatic imine (C=N–C) groups is 1. The van der Waals surface area contributed by atoms with Crippen molar-refractivity contribution < 1.29 is 5.11 Å². The number of hydrogen-bond acceptors (Lipinski definition) is 4. The van der Waals surface area contributed by atoms with E-state index in [1.165, 1.54) is 19.2 Å². The Morgan fingerprint density at radius 1 is 1.82 bits per heavy atom. The van der Waals surface area contributed by atoms with E-state index in [4.69, 9.17) is 0 Å². The van der Waals surface area contributed by atoms with E-state index in [2.05, 4.69) is 15.0 Å². The van der Waals surface area contributed by atoms with Crippen LogP contribution in [-0.4, -0.2) is 15.9 Å². The molecule has 0 aromatic carbocycles. The first kappa shape index (κ1) is 7.46. The maximum Gasteiger partial charge on any atom is 0.346 e. The Labute approximate surface area is 62.5 Å². The van der Waals surface area contributed by atoms with Gasteiger partial charge in [0, 0.05) is 6.20 Å². The number of nitrogens with one attached hydrogen (secondary N) is 1. The molecule has 5 heteroatoms. The first-order valence-electron chi connectivity index (χ1n) is 2.96. The maximum absolute atomic E-state index is 10.5. The minimum atomic E-state index is -0.507. The van der Waals surface area contributed by atoms with Crippen LogP contribution in [0.4, 0.5) is 5.82 Å². The van der Waals surface area contributed by atoms with Gasteiger partial charge in [-0.3, -0.25) is 9.98 Å². The lowest BCUT2D eigenvalue weighted by Crippen LogP contribution is -2.13. The molecule has 0 fully saturated rings. The standard InChI is InChI=1S/C6H7N3O2/c1-4(10)8-5-2-3-7-6(11)9-5/h2-3H,1H3,(H2,7,8,9,10,11)/p-1. The molecule has 5 nitrogen and oxygen atoms in total. The summed E-state index contributed by atoms with van der Waals surface area (Å²) in [7, 11) is 0. The molecule has 0 atom stereocenters. The second kappa shape index (κ2) is 2.96. The van der Waals surface area contributed by atoms with E-state index in [1.54, 1.807) is 0 Å². The van der Waals surface area contributed by atoms with Crippen molar-refractivity contribution in [2.24, 2.45) is 4.99 Å². The maximum atomic E-state index is 10.5. The van der Waals surface area contributed by atoms with Crippen LogP contribution in [0.5, 0.6) is 0 Å². The van der Waals surface area contributed by atoms with E-state index in [0.29, 0.717) is 0 Å². The van der Waals surface area contributed by atoms with Crippen molar-refractivity contribution in [3.8, 4) is 0 Å². The molecule has 11 heavy (non-hydrogen) atoms. The minimum absolute atomic E-state index is 0.234. The molecule has 0 saturated carbocycles. The molecule has 1 N–H and O–H groups in total. The highest BCUT2D eigenvalue weighted by molar-refractivity contribution is 5.71. The predicted octanol–water partition coefficient (Wildman–Crippen LogP) is -0.820. The van der Waals surface area contributed by atoms with Gasteiger partial charge in [0.1, 0.15) is 5.82 Å². The minimum Gasteiger partial charge on any atom is -0.862 e. The van der Waals surface area contributed by atoms with E-state index in [1.807, 2.05) is 0 Å². The summed E-state index contributed by atoms with van der Waals surface area (Å²) in [5.74, 6) is -0.121. The summed E-state index contributed by atoms with van der Waals surface area (Å²) in [6.07, 6.45) is 1.29. The molecule has 1 rings (SSSR count). The lowest BCUT2D eigenvalue weighted by atomic mass is 10.6. The van der Waals surface area contributed by atoms with Crippen molar-refractivity contribution >= 4 is 11.7 Å². The lowest BCUT2D eigenvalue weighted by Gasteiger charge is -2.00. The molecule has 0 aliphatic heterocycles. The fourth-order valence-electron chi connectivity index (χ4n) is 0.594. The Kier molecular flexibility index (Phi) is 2.00. The summed E-state index contributed by atoms with van der Waals surface area (Å²) < 4.78 is 0. The third kappa shape index (κ3) is 2.21. The second-order valence-electron chi connectivity index (χ2n) is 1.89. The van der Waals surface area contributed by atoms with Crippen molar-refractivity contribution in [3.05, 3.63) is 22.7 Å². The number of rotatable bonds is 1. The molecule has 58 valence electrons. The summed E-state index contributed by atoms with van der Waals surface area (Å²) in [4.78, 5) is 19.7. The molecule has 0 radical (unpaired) electrons. The molecule has 0 saturated heterocycles. The van der Waals surface area contributed by atoms with Crippen molar-refractivity contribution in [2.45, 2.75) is 6.92 Å². The molecule has 1 aromatic rings. The van der Waals surface area contributed by atoms with Gasteiger partial charge in [-0.05, 0) is 18.9 Å². The zero-order valence-corrected chi connectivity index (χ0v) is 5.87. The summed E-state index contributed by atoms with van der Waals surface area (Å²) in [6.45, 7) is 1.30. The average Bonchev–Trinajstić information content (AvgIpc) is 1.85. The van der Waals surface area contributed by atoms with Crippen LogP contribution in [-0.2, 0) is 0 Å². The van der Waals surface area contributed by atoms with Crippen LogP contribution in [0, 0.1) is 0 Å². The molecule has 0 amide bonds. The largest absolute Gasteiger partial charge is 0.862 e. The van der Waals surface area contributed by atoms with Gasteiger partial charge in [0.2, 0.25) is 0 Å². The van der Waals surface area contributed by atoms with E-state index < -0.39 is 5.69 Å². The zero-order chi connectivity index (χ0) is 8.27. The highest BCUT2D eigenvalue weighted by Gasteiger charge is 1.86. The number of aromatic amines is 1. The van der Waals surface area contributed by atoms with E-state index in [9.17, 15) is 9.90 Å². The highest BCUT2D eigenvalue weighted by Crippen LogP contribution is 1.99. The second-order valence-corrected chi connectivity index (χ2v) is 1.89. The van der Waals surface area contributed by atoms with Crippen molar-refractivity contribution in [3.63, 3.8) is 0 Å². The number of H-pyrrole nitrogens is 1. The number of hydrogen-bond donors (Lipinski definition) is 1. The third-order valence-electron chi connectivity index (χ3n) is 0.937. The molecule has 0 bridgehead atoms. The zero-order valence-electron chi connectivity index (χ0n) is 5.87. The van der Waals surface area contributed by atoms with Crippen LogP contribution in [0.15, 0.2) is 22.1 Å². The SMILES string of the molecule is CC([O-])=Nc1ccnc(=O)[nH]1. The predicted molar refractivity (Wildman–Crippen MR) is 37.6 cm³/mol. The van der Waals surface area contributed by atoms with Crippen molar-refractivity contribution in [1.82, 2.24) is 9.97 Å². The van der Waals surface area contributed by atoms with Gasteiger partial charge in [-0.2, -0.15) is 0 Å². The molecule has 1 aromatic heterocycles. The molecule has 0 aliphatic rings. The molecule has 0 spiro atoms. The molecule has 1 heterocycles. The quantitative estimate of drug-likeness (QED) is 0.421. The molecular weight excluding hydrogens is 146 g/mol. The Balaban J connectivity index is 3.07. The number of aromatic nitrogens is 2. The van der Waals surface area contributed by atoms with Gasteiger partial charge in [0.15, 0.2) is 0 Å². The van der Waals surface area contributed by atoms with Gasteiger partial charge in [-0.1, -0.05) is 0 Å². The Hall–Kier alpha value is -1.65. The lowest BCUT2D eigenvalue weighted by molar-refractivity contribution is -0.215. The van der Waals surface area contributed by atoms with Crippen LogP contribution < -0.4 is 10.8 Å². The van der Waals surface area contributed by atoms with Gasteiger partial charge >= 0.3 is 5.69 Å². The van der Waals surface area contributed by atoms with Gasteiger partial charge in [0.25, 0.3) is 0 Å². The summed E-state index contributed by atoms with van der Waals surface area (Å²) in [5.41, 5.74) is -0.507. The Morgan fingerprint density at radius 3 is 3.09 bits per heavy atom. The Morgan fingerprint density at radius 2 is 2.55 bits per heavy atom.